The summed E-state index contributed by atoms with van der Waals surface area (Å²) in [6.07, 6.45) is 0. The molecule has 0 fully saturated rings. The van der Waals surface area contributed by atoms with E-state index in [1.54, 1.807) is 11.3 Å². The smallest absolute Gasteiger partial charge is 0.222 e. The normalized spacial score (nSPS) is 10.9. The van der Waals surface area contributed by atoms with Gasteiger partial charge in [0.2, 0.25) is 11.6 Å². The second kappa shape index (κ2) is 2.99. The number of aromatic nitrogens is 5. The molecule has 0 unspecified atom stereocenters. The van der Waals surface area contributed by atoms with E-state index < -0.39 is 0 Å². The van der Waals surface area contributed by atoms with Gasteiger partial charge >= 0.3 is 0 Å². The molecule has 0 atom stereocenters. The molecule has 3 aromatic heterocycles. The summed E-state index contributed by atoms with van der Waals surface area (Å²) >= 11 is 1.58. The van der Waals surface area contributed by atoms with Crippen molar-refractivity contribution in [3.05, 3.63) is 17.5 Å². The first-order chi connectivity index (χ1) is 7.34. The molecule has 0 bridgehead atoms. The van der Waals surface area contributed by atoms with Crippen LogP contribution < -0.4 is 5.73 Å². The maximum absolute atomic E-state index is 5.59. The van der Waals surface area contributed by atoms with E-state index in [9.17, 15) is 0 Å². The van der Waals surface area contributed by atoms with Crippen LogP contribution in [-0.2, 0) is 0 Å². The van der Waals surface area contributed by atoms with Crippen molar-refractivity contribution >= 4 is 28.4 Å². The number of nitrogen functional groups attached to an aromatic ring is 1. The lowest BCUT2D eigenvalue weighted by molar-refractivity contribution is 0.955. The van der Waals surface area contributed by atoms with Crippen LogP contribution in [0.15, 0.2) is 17.5 Å². The van der Waals surface area contributed by atoms with Gasteiger partial charge in [0.25, 0.3) is 0 Å². The number of anilines is 1. The van der Waals surface area contributed by atoms with E-state index in [1.165, 1.54) is 0 Å². The zero-order chi connectivity index (χ0) is 10.3. The van der Waals surface area contributed by atoms with Gasteiger partial charge in [0, 0.05) is 0 Å². The molecule has 0 amide bonds. The Labute approximate surface area is 88.2 Å². The van der Waals surface area contributed by atoms with Crippen LogP contribution in [0.25, 0.3) is 21.7 Å². The third kappa shape index (κ3) is 1.24. The number of nitrogens with two attached hydrogens (primary N) is 1. The zero-order valence-electron chi connectivity index (χ0n) is 7.51. The Morgan fingerprint density at radius 3 is 3.00 bits per heavy atom. The van der Waals surface area contributed by atoms with Gasteiger partial charge in [-0.3, -0.25) is 0 Å². The van der Waals surface area contributed by atoms with Crippen LogP contribution >= 0.6 is 11.3 Å². The summed E-state index contributed by atoms with van der Waals surface area (Å²) < 4.78 is 0. The summed E-state index contributed by atoms with van der Waals surface area (Å²) in [5, 5.41) is 12.4. The lowest BCUT2D eigenvalue weighted by atomic mass is 10.3. The van der Waals surface area contributed by atoms with Crippen molar-refractivity contribution in [1.82, 2.24) is 25.4 Å². The molecule has 3 N–H and O–H groups in total. The Bertz CT molecular complexity index is 599. The van der Waals surface area contributed by atoms with Crippen LogP contribution in [0.1, 0.15) is 0 Å². The maximum Gasteiger partial charge on any atom is 0.222 e. The van der Waals surface area contributed by atoms with Gasteiger partial charge in [-0.2, -0.15) is 15.3 Å². The maximum atomic E-state index is 5.59. The van der Waals surface area contributed by atoms with Crippen LogP contribution in [0.4, 0.5) is 5.95 Å². The van der Waals surface area contributed by atoms with Crippen molar-refractivity contribution in [1.29, 1.82) is 0 Å². The van der Waals surface area contributed by atoms with Crippen molar-refractivity contribution < 1.29 is 0 Å². The quantitative estimate of drug-likeness (QED) is 0.637. The van der Waals surface area contributed by atoms with Crippen LogP contribution in [0, 0.1) is 0 Å². The summed E-state index contributed by atoms with van der Waals surface area (Å²) in [5.41, 5.74) is 7.45. The molecule has 3 rings (SSSR count). The molecule has 0 aromatic carbocycles. The monoisotopic (exact) mass is 218 g/mol. The minimum atomic E-state index is 0.208. The fraction of sp³-hybridized carbons (Fsp3) is 0. The standard InChI is InChI=1S/C8H6N6S/c9-8-10-5(4-2-1-3-15-4)6-7(11-8)13-14-12-6/h1-3H,(H3,9,10,11,12,13,14). The zero-order valence-corrected chi connectivity index (χ0v) is 8.32. The topological polar surface area (TPSA) is 93.4 Å². The Balaban J connectivity index is 2.38. The average molecular weight is 218 g/mol. The third-order valence-corrected chi connectivity index (χ3v) is 2.83. The molecule has 6 nitrogen and oxygen atoms in total. The SMILES string of the molecule is Nc1nc(-c2cccs2)c2n[nH]nc2n1. The Morgan fingerprint density at radius 1 is 1.27 bits per heavy atom. The van der Waals surface area contributed by atoms with E-state index in [0.717, 1.165) is 10.6 Å². The van der Waals surface area contributed by atoms with Crippen LogP contribution in [0.2, 0.25) is 0 Å². The highest BCUT2D eigenvalue weighted by molar-refractivity contribution is 7.13. The predicted molar refractivity (Wildman–Crippen MR) is 57.2 cm³/mol. The summed E-state index contributed by atoms with van der Waals surface area (Å²) in [6, 6.07) is 3.91. The molecule has 0 radical (unpaired) electrons. The number of nitrogens with one attached hydrogen (secondary N) is 1. The van der Waals surface area contributed by atoms with Gasteiger partial charge in [0.15, 0.2) is 5.52 Å². The molecule has 0 saturated heterocycles. The van der Waals surface area contributed by atoms with E-state index in [2.05, 4.69) is 25.4 Å². The molecular formula is C8H6N6S. The molecule has 3 heterocycles. The number of thiophene rings is 1. The summed E-state index contributed by atoms with van der Waals surface area (Å²) in [7, 11) is 0. The van der Waals surface area contributed by atoms with Crippen molar-refractivity contribution in [2.24, 2.45) is 0 Å². The van der Waals surface area contributed by atoms with E-state index >= 15 is 0 Å². The van der Waals surface area contributed by atoms with Gasteiger partial charge in [-0.05, 0) is 11.4 Å². The molecule has 0 aliphatic carbocycles. The number of H-pyrrole nitrogens is 1. The number of hydrogen-bond acceptors (Lipinski definition) is 6. The molecule has 0 saturated carbocycles. The molecule has 0 spiro atoms. The summed E-state index contributed by atoms with van der Waals surface area (Å²) in [6.45, 7) is 0. The lowest BCUT2D eigenvalue weighted by Crippen LogP contribution is -1.96. The highest BCUT2D eigenvalue weighted by atomic mass is 32.1. The highest BCUT2D eigenvalue weighted by Crippen LogP contribution is 2.27. The van der Waals surface area contributed by atoms with E-state index in [1.807, 2.05) is 17.5 Å². The van der Waals surface area contributed by atoms with Crippen LogP contribution in [-0.4, -0.2) is 25.4 Å². The number of aromatic amines is 1. The summed E-state index contributed by atoms with van der Waals surface area (Å²) in [4.78, 5) is 9.15. The fourth-order valence-corrected chi connectivity index (χ4v) is 2.06. The number of hydrogen-bond donors (Lipinski definition) is 2. The average Bonchev–Trinajstić information content (AvgIpc) is 2.86. The van der Waals surface area contributed by atoms with E-state index in [4.69, 9.17) is 5.73 Å². The largest absolute Gasteiger partial charge is 0.368 e. The van der Waals surface area contributed by atoms with Gasteiger partial charge in [-0.15, -0.1) is 16.4 Å². The van der Waals surface area contributed by atoms with Crippen LogP contribution in [0.5, 0.6) is 0 Å². The molecule has 15 heavy (non-hydrogen) atoms. The Hall–Kier alpha value is -2.02. The second-order valence-corrected chi connectivity index (χ2v) is 3.85. The Morgan fingerprint density at radius 2 is 2.20 bits per heavy atom. The number of nitrogens with zero attached hydrogens (tertiary/aromatic N) is 4. The number of fused-ring (bicyclic) bond motifs is 1. The first-order valence-corrected chi connectivity index (χ1v) is 5.10. The number of rotatable bonds is 1. The van der Waals surface area contributed by atoms with Gasteiger partial charge in [-0.1, -0.05) is 6.07 Å². The second-order valence-electron chi connectivity index (χ2n) is 2.90. The van der Waals surface area contributed by atoms with Crippen molar-refractivity contribution in [2.75, 3.05) is 5.73 Å². The third-order valence-electron chi connectivity index (χ3n) is 1.96. The first kappa shape index (κ1) is 8.30. The minimum absolute atomic E-state index is 0.208. The lowest BCUT2D eigenvalue weighted by Gasteiger charge is -1.97. The summed E-state index contributed by atoms with van der Waals surface area (Å²) in [5.74, 6) is 0.208. The molecule has 0 aliphatic rings. The molecule has 3 aromatic rings. The molecule has 74 valence electrons. The molecular weight excluding hydrogens is 212 g/mol. The highest BCUT2D eigenvalue weighted by Gasteiger charge is 2.12. The van der Waals surface area contributed by atoms with Crippen molar-refractivity contribution in [3.63, 3.8) is 0 Å². The minimum Gasteiger partial charge on any atom is -0.368 e. The first-order valence-electron chi connectivity index (χ1n) is 4.22. The Kier molecular flexibility index (Phi) is 1.65. The molecule has 7 heteroatoms. The van der Waals surface area contributed by atoms with Gasteiger partial charge in [0.1, 0.15) is 5.69 Å². The van der Waals surface area contributed by atoms with E-state index in [0.29, 0.717) is 11.2 Å². The van der Waals surface area contributed by atoms with Crippen molar-refractivity contribution in [2.45, 2.75) is 0 Å². The molecule has 0 aliphatic heterocycles. The van der Waals surface area contributed by atoms with Gasteiger partial charge < -0.3 is 5.73 Å². The van der Waals surface area contributed by atoms with Crippen LogP contribution in [0.3, 0.4) is 0 Å². The fourth-order valence-electron chi connectivity index (χ4n) is 1.35. The van der Waals surface area contributed by atoms with Crippen molar-refractivity contribution in [3.8, 4) is 10.6 Å². The van der Waals surface area contributed by atoms with E-state index in [-0.39, 0.29) is 5.95 Å². The predicted octanol–water partition coefficient (Wildman–Crippen LogP) is 1.06. The van der Waals surface area contributed by atoms with Gasteiger partial charge in [0.05, 0.1) is 4.88 Å². The van der Waals surface area contributed by atoms with Gasteiger partial charge in [-0.25, -0.2) is 4.98 Å².